The molecule has 0 aliphatic heterocycles. The van der Waals surface area contributed by atoms with E-state index < -0.39 is 0 Å². The molecular weight excluding hydrogens is 414 g/mol. The Balaban J connectivity index is 1.85. The molecule has 32 heavy (non-hydrogen) atoms. The van der Waals surface area contributed by atoms with Crippen LogP contribution in [-0.2, 0) is 11.3 Å². The highest BCUT2D eigenvalue weighted by molar-refractivity contribution is 6.30. The third-order valence-electron chi connectivity index (χ3n) is 6.34. The first-order chi connectivity index (χ1) is 15.7. The topological polar surface area (TPSA) is 33.0 Å². The largest absolute Gasteiger partial charge is 0.374 e. The van der Waals surface area contributed by atoms with E-state index in [1.54, 1.807) is 6.07 Å². The Morgan fingerprint density at radius 3 is 1.69 bits per heavy atom. The van der Waals surface area contributed by atoms with Crippen LogP contribution in [0.2, 0.25) is 5.02 Å². The summed E-state index contributed by atoms with van der Waals surface area (Å²) in [5.41, 5.74) is 1.57. The van der Waals surface area contributed by atoms with Crippen molar-refractivity contribution in [2.75, 3.05) is 0 Å². The monoisotopic (exact) mass is 461 g/mol. The quantitative estimate of drug-likeness (QED) is 0.170. The van der Waals surface area contributed by atoms with Gasteiger partial charge in [-0.25, -0.2) is 0 Å². The summed E-state index contributed by atoms with van der Waals surface area (Å²) in [6.45, 7) is 4.95. The van der Waals surface area contributed by atoms with Crippen molar-refractivity contribution < 1.29 is 4.74 Å². The molecule has 0 N–H and O–H groups in total. The van der Waals surface area contributed by atoms with Gasteiger partial charge < -0.3 is 4.74 Å². The zero-order valence-corrected chi connectivity index (χ0v) is 21.7. The number of hydrogen-bond donors (Lipinski definition) is 0. The molecule has 3 heteroatoms. The minimum Gasteiger partial charge on any atom is -0.374 e. The normalized spacial score (nSPS) is 12.1. The number of unbranched alkanes of at least 4 members (excludes halogenated alkanes) is 16. The van der Waals surface area contributed by atoms with Crippen LogP contribution < -0.4 is 0 Å². The maximum Gasteiger partial charge on any atom is 0.0992 e. The first-order valence-corrected chi connectivity index (χ1v) is 13.8. The Hall–Kier alpha value is -1.04. The molecule has 2 nitrogen and oxygen atoms in total. The van der Waals surface area contributed by atoms with Crippen molar-refractivity contribution in [1.29, 1.82) is 5.26 Å². The van der Waals surface area contributed by atoms with E-state index in [0.717, 1.165) is 12.0 Å². The number of ether oxygens (including phenoxy) is 1. The summed E-state index contributed by atoms with van der Waals surface area (Å²) in [6.07, 6.45) is 25.2. The zero-order valence-electron chi connectivity index (χ0n) is 21.0. The SMILES string of the molecule is CCCCCCCCCCCCCCCCCCCC(C)OCc1cc(Cl)cc(C#N)c1. The van der Waals surface area contributed by atoms with Gasteiger partial charge in [0.1, 0.15) is 0 Å². The summed E-state index contributed by atoms with van der Waals surface area (Å²) in [5, 5.41) is 9.63. The highest BCUT2D eigenvalue weighted by Crippen LogP contribution is 2.18. The first kappa shape index (κ1) is 29.0. The maximum atomic E-state index is 9.03. The molecule has 0 aliphatic carbocycles. The van der Waals surface area contributed by atoms with Gasteiger partial charge in [-0.1, -0.05) is 128 Å². The van der Waals surface area contributed by atoms with Crippen molar-refractivity contribution in [3.63, 3.8) is 0 Å². The third-order valence-corrected chi connectivity index (χ3v) is 6.55. The summed E-state index contributed by atoms with van der Waals surface area (Å²) in [5.74, 6) is 0. The molecule has 0 fully saturated rings. The molecule has 1 aromatic rings. The van der Waals surface area contributed by atoms with Gasteiger partial charge in [0, 0.05) is 5.02 Å². The van der Waals surface area contributed by atoms with Gasteiger partial charge in [-0.15, -0.1) is 0 Å². The predicted octanol–water partition coefficient (Wildman–Crippen LogP) is 10.2. The molecule has 0 radical (unpaired) electrons. The van der Waals surface area contributed by atoms with Gasteiger partial charge in [0.05, 0.1) is 24.3 Å². The smallest absolute Gasteiger partial charge is 0.0992 e. The average molecular weight is 462 g/mol. The van der Waals surface area contributed by atoms with Gasteiger partial charge in [-0.2, -0.15) is 5.26 Å². The van der Waals surface area contributed by atoms with Gasteiger partial charge in [-0.05, 0) is 37.1 Å². The number of hydrogen-bond acceptors (Lipinski definition) is 2. The van der Waals surface area contributed by atoms with Crippen LogP contribution in [0.25, 0.3) is 0 Å². The minimum atomic E-state index is 0.246. The lowest BCUT2D eigenvalue weighted by atomic mass is 10.0. The van der Waals surface area contributed by atoms with Crippen molar-refractivity contribution in [2.45, 2.75) is 142 Å². The third kappa shape index (κ3) is 16.6. The Kier molecular flexibility index (Phi) is 18.6. The second-order valence-corrected chi connectivity index (χ2v) is 9.96. The summed E-state index contributed by atoms with van der Waals surface area (Å²) < 4.78 is 5.94. The van der Waals surface area contributed by atoms with E-state index in [-0.39, 0.29) is 6.10 Å². The second-order valence-electron chi connectivity index (χ2n) is 9.53. The molecule has 0 spiro atoms. The molecule has 1 rings (SSSR count). The van der Waals surface area contributed by atoms with Crippen LogP contribution in [0.1, 0.15) is 141 Å². The van der Waals surface area contributed by atoms with Gasteiger partial charge in [0.2, 0.25) is 0 Å². The van der Waals surface area contributed by atoms with Crippen LogP contribution in [0.15, 0.2) is 18.2 Å². The summed E-state index contributed by atoms with van der Waals surface area (Å²) in [7, 11) is 0. The lowest BCUT2D eigenvalue weighted by Gasteiger charge is -2.13. The molecule has 0 saturated heterocycles. The fourth-order valence-electron chi connectivity index (χ4n) is 4.28. The molecule has 182 valence electrons. The van der Waals surface area contributed by atoms with Crippen molar-refractivity contribution in [2.24, 2.45) is 0 Å². The van der Waals surface area contributed by atoms with Crippen molar-refractivity contribution in [3.8, 4) is 6.07 Å². The van der Waals surface area contributed by atoms with E-state index in [1.165, 1.54) is 109 Å². The molecule has 1 unspecified atom stereocenters. The molecule has 0 heterocycles. The van der Waals surface area contributed by atoms with Crippen LogP contribution in [0.3, 0.4) is 0 Å². The maximum absolute atomic E-state index is 9.03. The van der Waals surface area contributed by atoms with E-state index in [1.807, 2.05) is 12.1 Å². The van der Waals surface area contributed by atoms with Crippen LogP contribution >= 0.6 is 11.6 Å². The van der Waals surface area contributed by atoms with Crippen LogP contribution in [0.4, 0.5) is 0 Å². The molecule has 0 saturated carbocycles. The number of nitriles is 1. The Morgan fingerprint density at radius 2 is 1.22 bits per heavy atom. The molecule has 0 aliphatic rings. The lowest BCUT2D eigenvalue weighted by Crippen LogP contribution is -2.08. The van der Waals surface area contributed by atoms with E-state index in [2.05, 4.69) is 19.9 Å². The van der Waals surface area contributed by atoms with E-state index >= 15 is 0 Å². The minimum absolute atomic E-state index is 0.246. The van der Waals surface area contributed by atoms with E-state index in [4.69, 9.17) is 21.6 Å². The molecular formula is C29H48ClNO. The van der Waals surface area contributed by atoms with Gasteiger partial charge in [0.15, 0.2) is 0 Å². The fourth-order valence-corrected chi connectivity index (χ4v) is 4.53. The van der Waals surface area contributed by atoms with Crippen LogP contribution in [-0.4, -0.2) is 6.10 Å². The van der Waals surface area contributed by atoms with Crippen LogP contribution in [0, 0.1) is 11.3 Å². The summed E-state index contributed by atoms with van der Waals surface area (Å²) in [6, 6.07) is 7.56. The number of rotatable bonds is 21. The number of benzene rings is 1. The average Bonchev–Trinajstić information content (AvgIpc) is 2.79. The van der Waals surface area contributed by atoms with Crippen molar-refractivity contribution in [3.05, 3.63) is 34.3 Å². The second kappa shape index (κ2) is 20.6. The van der Waals surface area contributed by atoms with Gasteiger partial charge in [0.25, 0.3) is 0 Å². The zero-order chi connectivity index (χ0) is 23.3. The molecule has 0 aromatic heterocycles. The Labute approximate surface area is 204 Å². The van der Waals surface area contributed by atoms with Gasteiger partial charge >= 0.3 is 0 Å². The Bertz CT molecular complexity index is 610. The molecule has 0 amide bonds. The standard InChI is InChI=1S/C29H48ClNO/c1-3-4-5-6-7-8-9-10-11-12-13-14-15-16-17-18-19-20-26(2)32-25-28-21-27(24-31)22-29(30)23-28/h21-23,26H,3-20,25H2,1-2H3. The summed E-state index contributed by atoms with van der Waals surface area (Å²) in [4.78, 5) is 0. The highest BCUT2D eigenvalue weighted by Gasteiger charge is 2.05. The van der Waals surface area contributed by atoms with Gasteiger partial charge in [-0.3, -0.25) is 0 Å². The predicted molar refractivity (Wildman–Crippen MR) is 139 cm³/mol. The first-order valence-electron chi connectivity index (χ1n) is 13.5. The molecule has 1 atom stereocenters. The van der Waals surface area contributed by atoms with Crippen molar-refractivity contribution >= 4 is 11.6 Å². The van der Waals surface area contributed by atoms with Crippen LogP contribution in [0.5, 0.6) is 0 Å². The van der Waals surface area contributed by atoms with Crippen molar-refractivity contribution in [1.82, 2.24) is 0 Å². The molecule has 1 aromatic carbocycles. The van der Waals surface area contributed by atoms with E-state index in [9.17, 15) is 0 Å². The molecule has 0 bridgehead atoms. The Morgan fingerprint density at radius 1 is 0.750 bits per heavy atom. The fraction of sp³-hybridized carbons (Fsp3) is 0.759. The number of nitrogens with zero attached hydrogens (tertiary/aromatic N) is 1. The van der Waals surface area contributed by atoms with E-state index in [0.29, 0.717) is 17.2 Å². The number of halogens is 1. The highest BCUT2D eigenvalue weighted by atomic mass is 35.5. The summed E-state index contributed by atoms with van der Waals surface area (Å²) >= 11 is 6.05. The lowest BCUT2D eigenvalue weighted by molar-refractivity contribution is 0.0458.